The van der Waals surface area contributed by atoms with Crippen molar-refractivity contribution in [2.45, 2.75) is 32.6 Å². The van der Waals surface area contributed by atoms with Crippen molar-refractivity contribution in [3.8, 4) is 0 Å². The zero-order valence-corrected chi connectivity index (χ0v) is 8.26. The van der Waals surface area contributed by atoms with Crippen LogP contribution >= 0.6 is 0 Å². The van der Waals surface area contributed by atoms with Gasteiger partial charge in [-0.25, -0.2) is 4.98 Å². The molecule has 2 heterocycles. The van der Waals surface area contributed by atoms with Crippen LogP contribution in [-0.4, -0.2) is 18.1 Å². The number of nitrogens with zero attached hydrogens (tertiary/aromatic N) is 1. The van der Waals surface area contributed by atoms with Gasteiger partial charge in [0.2, 0.25) is 0 Å². The van der Waals surface area contributed by atoms with Crippen molar-refractivity contribution in [1.29, 1.82) is 0 Å². The van der Waals surface area contributed by atoms with Gasteiger partial charge >= 0.3 is 0 Å². The molecule has 3 heteroatoms. The van der Waals surface area contributed by atoms with Crippen molar-refractivity contribution in [3.63, 3.8) is 0 Å². The molecule has 1 aliphatic rings. The van der Waals surface area contributed by atoms with E-state index in [9.17, 15) is 0 Å². The van der Waals surface area contributed by atoms with Crippen molar-refractivity contribution in [1.82, 2.24) is 10.3 Å². The van der Waals surface area contributed by atoms with Crippen LogP contribution in [0.15, 0.2) is 4.42 Å². The molecule has 3 nitrogen and oxygen atoms in total. The Labute approximate surface area is 78.5 Å². The Morgan fingerprint density at radius 2 is 2.15 bits per heavy atom. The zero-order valence-electron chi connectivity index (χ0n) is 8.26. The van der Waals surface area contributed by atoms with Gasteiger partial charge in [-0.1, -0.05) is 13.8 Å². The molecule has 0 aromatic carbocycles. The third-order valence-electron chi connectivity index (χ3n) is 2.58. The monoisotopic (exact) mass is 180 g/mol. The van der Waals surface area contributed by atoms with Crippen LogP contribution < -0.4 is 5.32 Å². The van der Waals surface area contributed by atoms with Crippen molar-refractivity contribution in [2.75, 3.05) is 13.1 Å². The lowest BCUT2D eigenvalue weighted by atomic mass is 10.0. The van der Waals surface area contributed by atoms with Crippen molar-refractivity contribution in [3.05, 3.63) is 17.3 Å². The first-order valence-electron chi connectivity index (χ1n) is 5.04. The van der Waals surface area contributed by atoms with E-state index in [0.29, 0.717) is 5.92 Å². The lowest BCUT2D eigenvalue weighted by Gasteiger charge is -2.23. The summed E-state index contributed by atoms with van der Waals surface area (Å²) in [5.41, 5.74) is 1.14. The number of nitrogens with one attached hydrogen (secondary N) is 1. The first-order chi connectivity index (χ1) is 6.35. The molecule has 1 saturated heterocycles. The molecular weight excluding hydrogens is 164 g/mol. The number of hydrogen-bond donors (Lipinski definition) is 1. The molecule has 2 rings (SSSR count). The van der Waals surface area contributed by atoms with Crippen LogP contribution in [0.2, 0.25) is 0 Å². The summed E-state index contributed by atoms with van der Waals surface area (Å²) in [7, 11) is 0. The van der Waals surface area contributed by atoms with E-state index in [0.717, 1.165) is 43.3 Å². The van der Waals surface area contributed by atoms with Crippen LogP contribution in [0, 0.1) is 0 Å². The van der Waals surface area contributed by atoms with E-state index in [1.807, 2.05) is 0 Å². The highest BCUT2D eigenvalue weighted by molar-refractivity contribution is 5.13. The van der Waals surface area contributed by atoms with E-state index >= 15 is 0 Å². The normalized spacial score (nSPS) is 17.4. The number of oxazole rings is 1. The van der Waals surface area contributed by atoms with E-state index in [1.54, 1.807) is 0 Å². The fourth-order valence-electron chi connectivity index (χ4n) is 1.59. The number of aromatic nitrogens is 1. The lowest BCUT2D eigenvalue weighted by Crippen LogP contribution is -2.40. The lowest BCUT2D eigenvalue weighted by molar-refractivity contribution is 0.346. The van der Waals surface area contributed by atoms with Gasteiger partial charge < -0.3 is 9.73 Å². The van der Waals surface area contributed by atoms with Crippen LogP contribution in [0.1, 0.15) is 37.1 Å². The highest BCUT2D eigenvalue weighted by atomic mass is 16.4. The maximum absolute atomic E-state index is 5.71. The second-order valence-corrected chi connectivity index (χ2v) is 3.48. The molecule has 1 aliphatic heterocycles. The molecule has 1 N–H and O–H groups in total. The average Bonchev–Trinajstić information content (AvgIpc) is 2.44. The molecule has 1 fully saturated rings. The smallest absolute Gasteiger partial charge is 0.200 e. The SMILES string of the molecule is CCc1nc(C2CNC2)oc1CC. The number of rotatable bonds is 3. The summed E-state index contributed by atoms with van der Waals surface area (Å²) < 4.78 is 5.71. The third kappa shape index (κ3) is 1.48. The second-order valence-electron chi connectivity index (χ2n) is 3.48. The van der Waals surface area contributed by atoms with Crippen LogP contribution in [0.3, 0.4) is 0 Å². The summed E-state index contributed by atoms with van der Waals surface area (Å²) in [6, 6.07) is 0. The maximum atomic E-state index is 5.71. The van der Waals surface area contributed by atoms with Crippen molar-refractivity contribution < 1.29 is 4.42 Å². The Hall–Kier alpha value is -0.830. The van der Waals surface area contributed by atoms with Gasteiger partial charge in [-0.2, -0.15) is 0 Å². The molecular formula is C10H16N2O. The molecule has 0 amide bonds. The zero-order chi connectivity index (χ0) is 9.26. The largest absolute Gasteiger partial charge is 0.445 e. The van der Waals surface area contributed by atoms with Crippen LogP contribution in [-0.2, 0) is 12.8 Å². The first kappa shape index (κ1) is 8.75. The predicted molar refractivity (Wildman–Crippen MR) is 50.9 cm³/mol. The fraction of sp³-hybridized carbons (Fsp3) is 0.700. The molecule has 0 radical (unpaired) electrons. The standard InChI is InChI=1S/C10H16N2O/c1-3-8-9(4-2)13-10(12-8)7-5-11-6-7/h7,11H,3-6H2,1-2H3. The molecule has 0 bridgehead atoms. The first-order valence-corrected chi connectivity index (χ1v) is 5.04. The molecule has 0 atom stereocenters. The number of aryl methyl sites for hydroxylation is 2. The van der Waals surface area contributed by atoms with Crippen molar-refractivity contribution in [2.24, 2.45) is 0 Å². The van der Waals surface area contributed by atoms with E-state index in [-0.39, 0.29) is 0 Å². The Bertz CT molecular complexity index is 268. The van der Waals surface area contributed by atoms with Gasteiger partial charge in [-0.15, -0.1) is 0 Å². The molecule has 13 heavy (non-hydrogen) atoms. The second kappa shape index (κ2) is 3.50. The molecule has 0 unspecified atom stereocenters. The summed E-state index contributed by atoms with van der Waals surface area (Å²) >= 11 is 0. The van der Waals surface area contributed by atoms with E-state index in [4.69, 9.17) is 4.42 Å². The van der Waals surface area contributed by atoms with Gasteiger partial charge in [0.05, 0.1) is 11.6 Å². The van der Waals surface area contributed by atoms with Gasteiger partial charge in [0.25, 0.3) is 0 Å². The van der Waals surface area contributed by atoms with Crippen LogP contribution in [0.25, 0.3) is 0 Å². The summed E-state index contributed by atoms with van der Waals surface area (Å²) in [5.74, 6) is 2.53. The summed E-state index contributed by atoms with van der Waals surface area (Å²) in [4.78, 5) is 4.51. The Morgan fingerprint density at radius 1 is 1.38 bits per heavy atom. The Morgan fingerprint density at radius 3 is 2.54 bits per heavy atom. The molecule has 72 valence electrons. The molecule has 0 spiro atoms. The topological polar surface area (TPSA) is 38.1 Å². The average molecular weight is 180 g/mol. The molecule has 1 aromatic heterocycles. The van der Waals surface area contributed by atoms with Crippen LogP contribution in [0.5, 0.6) is 0 Å². The van der Waals surface area contributed by atoms with Crippen molar-refractivity contribution >= 4 is 0 Å². The van der Waals surface area contributed by atoms with Crippen LogP contribution in [0.4, 0.5) is 0 Å². The third-order valence-corrected chi connectivity index (χ3v) is 2.58. The summed E-state index contributed by atoms with van der Waals surface area (Å²) in [6.45, 7) is 6.28. The minimum atomic E-state index is 0.519. The van der Waals surface area contributed by atoms with Gasteiger partial charge in [0.15, 0.2) is 5.89 Å². The number of hydrogen-bond acceptors (Lipinski definition) is 3. The minimum Gasteiger partial charge on any atom is -0.445 e. The summed E-state index contributed by atoms with van der Waals surface area (Å²) in [5, 5.41) is 3.22. The minimum absolute atomic E-state index is 0.519. The highest BCUT2D eigenvalue weighted by Gasteiger charge is 2.25. The molecule has 0 aliphatic carbocycles. The highest BCUT2D eigenvalue weighted by Crippen LogP contribution is 2.22. The van der Waals surface area contributed by atoms with Gasteiger partial charge in [-0.3, -0.25) is 0 Å². The molecule has 0 saturated carbocycles. The van der Waals surface area contributed by atoms with E-state index in [2.05, 4.69) is 24.1 Å². The Kier molecular flexibility index (Phi) is 2.36. The van der Waals surface area contributed by atoms with Gasteiger partial charge in [-0.05, 0) is 6.42 Å². The fourth-order valence-corrected chi connectivity index (χ4v) is 1.59. The van der Waals surface area contributed by atoms with Gasteiger partial charge in [0, 0.05) is 19.5 Å². The quantitative estimate of drug-likeness (QED) is 0.765. The summed E-state index contributed by atoms with van der Waals surface area (Å²) in [6.07, 6.45) is 1.93. The maximum Gasteiger partial charge on any atom is 0.200 e. The predicted octanol–water partition coefficient (Wildman–Crippen LogP) is 1.49. The van der Waals surface area contributed by atoms with Gasteiger partial charge in [0.1, 0.15) is 5.76 Å². The van der Waals surface area contributed by atoms with E-state index < -0.39 is 0 Å². The van der Waals surface area contributed by atoms with E-state index in [1.165, 1.54) is 0 Å². The Balaban J connectivity index is 2.21. The molecule has 1 aromatic rings.